The number of nitrogens with zero attached hydrogens (tertiary/aromatic N) is 3. The fourth-order valence-electron chi connectivity index (χ4n) is 2.95. The highest BCUT2D eigenvalue weighted by Gasteiger charge is 2.21. The molecule has 2 aromatic rings. The van der Waals surface area contributed by atoms with Crippen molar-refractivity contribution in [3.8, 4) is 5.75 Å². The highest BCUT2D eigenvalue weighted by atomic mass is 35.5. The highest BCUT2D eigenvalue weighted by molar-refractivity contribution is 6.30. The molecule has 2 aromatic carbocycles. The summed E-state index contributed by atoms with van der Waals surface area (Å²) in [4.78, 5) is 16.5. The van der Waals surface area contributed by atoms with Crippen LogP contribution in [0.3, 0.4) is 0 Å². The smallest absolute Gasteiger partial charge is 0.260 e. The van der Waals surface area contributed by atoms with Gasteiger partial charge in [0.25, 0.3) is 5.91 Å². The molecule has 0 radical (unpaired) electrons. The van der Waals surface area contributed by atoms with E-state index in [1.807, 2.05) is 29.2 Å². The number of carbonyl (C=O) groups is 1. The van der Waals surface area contributed by atoms with Crippen molar-refractivity contribution in [3.05, 3.63) is 59.1 Å². The third-order valence-electron chi connectivity index (χ3n) is 4.61. The molecule has 7 heteroatoms. The fourth-order valence-corrected chi connectivity index (χ4v) is 3.08. The lowest BCUT2D eigenvalue weighted by molar-refractivity contribution is -0.133. The van der Waals surface area contributed by atoms with Gasteiger partial charge in [0.2, 0.25) is 0 Å². The molecule has 1 N–H and O–H groups in total. The molecule has 27 heavy (non-hydrogen) atoms. The maximum atomic E-state index is 12.4. The number of rotatable bonds is 5. The zero-order valence-corrected chi connectivity index (χ0v) is 15.9. The SMILES string of the molecule is C/C(=N\O)c1ccc(OCC(=O)N2CCN(c3ccc(Cl)cc3)CC2)cc1. The standard InChI is InChI=1S/C20H22ClN3O3/c1-15(22-26)16-2-8-19(9-3-16)27-14-20(25)24-12-10-23(11-13-24)18-6-4-17(21)5-7-18/h2-9,26H,10-14H2,1H3/b22-15+. The Morgan fingerprint density at radius 3 is 2.30 bits per heavy atom. The van der Waals surface area contributed by atoms with Crippen LogP contribution >= 0.6 is 11.6 Å². The predicted molar refractivity (Wildman–Crippen MR) is 106 cm³/mol. The van der Waals surface area contributed by atoms with Crippen molar-refractivity contribution in [1.82, 2.24) is 4.90 Å². The van der Waals surface area contributed by atoms with Crippen LogP contribution in [0.2, 0.25) is 5.02 Å². The Morgan fingerprint density at radius 1 is 1.07 bits per heavy atom. The highest BCUT2D eigenvalue weighted by Crippen LogP contribution is 2.19. The number of benzene rings is 2. The molecule has 1 fully saturated rings. The Morgan fingerprint density at radius 2 is 1.70 bits per heavy atom. The molecule has 0 saturated carbocycles. The van der Waals surface area contributed by atoms with Gasteiger partial charge in [-0.25, -0.2) is 0 Å². The fraction of sp³-hybridized carbons (Fsp3) is 0.300. The van der Waals surface area contributed by atoms with E-state index < -0.39 is 0 Å². The van der Waals surface area contributed by atoms with E-state index in [4.69, 9.17) is 21.5 Å². The molecule has 1 aliphatic rings. The first-order valence-corrected chi connectivity index (χ1v) is 9.15. The Balaban J connectivity index is 1.47. The second-order valence-electron chi connectivity index (χ2n) is 6.34. The third-order valence-corrected chi connectivity index (χ3v) is 4.86. The Kier molecular flexibility index (Phi) is 6.19. The number of amides is 1. The lowest BCUT2D eigenvalue weighted by atomic mass is 10.1. The molecule has 1 saturated heterocycles. The summed E-state index contributed by atoms with van der Waals surface area (Å²) < 4.78 is 5.59. The van der Waals surface area contributed by atoms with Gasteiger partial charge in [-0.2, -0.15) is 0 Å². The minimum absolute atomic E-state index is 0.00730. The van der Waals surface area contributed by atoms with Gasteiger partial charge in [0.15, 0.2) is 6.61 Å². The number of carbonyl (C=O) groups excluding carboxylic acids is 1. The van der Waals surface area contributed by atoms with E-state index in [1.54, 1.807) is 31.2 Å². The van der Waals surface area contributed by atoms with Crippen molar-refractivity contribution in [2.24, 2.45) is 5.16 Å². The first-order chi connectivity index (χ1) is 13.1. The first-order valence-electron chi connectivity index (χ1n) is 8.77. The van der Waals surface area contributed by atoms with Crippen LogP contribution in [-0.4, -0.2) is 54.5 Å². The van der Waals surface area contributed by atoms with Crippen LogP contribution < -0.4 is 9.64 Å². The lowest BCUT2D eigenvalue weighted by Crippen LogP contribution is -2.50. The number of hydrogen-bond acceptors (Lipinski definition) is 5. The summed E-state index contributed by atoms with van der Waals surface area (Å²) in [6.45, 7) is 4.60. The molecule has 1 heterocycles. The monoisotopic (exact) mass is 387 g/mol. The average molecular weight is 388 g/mol. The van der Waals surface area contributed by atoms with Crippen LogP contribution in [-0.2, 0) is 4.79 Å². The van der Waals surface area contributed by atoms with Crippen molar-refractivity contribution in [1.29, 1.82) is 0 Å². The van der Waals surface area contributed by atoms with Gasteiger partial charge in [0, 0.05) is 36.9 Å². The lowest BCUT2D eigenvalue weighted by Gasteiger charge is -2.36. The normalized spacial score (nSPS) is 15.0. The summed E-state index contributed by atoms with van der Waals surface area (Å²) in [7, 11) is 0. The van der Waals surface area contributed by atoms with Crippen molar-refractivity contribution in [3.63, 3.8) is 0 Å². The number of hydrogen-bond donors (Lipinski definition) is 1. The number of oxime groups is 1. The van der Waals surface area contributed by atoms with Crippen LogP contribution in [0, 0.1) is 0 Å². The molecule has 0 aliphatic carbocycles. The Bertz CT molecular complexity index is 798. The summed E-state index contributed by atoms with van der Waals surface area (Å²) in [6.07, 6.45) is 0. The van der Waals surface area contributed by atoms with Gasteiger partial charge in [-0.1, -0.05) is 16.8 Å². The van der Waals surface area contributed by atoms with Crippen molar-refractivity contribution in [2.45, 2.75) is 6.92 Å². The third kappa shape index (κ3) is 4.92. The maximum Gasteiger partial charge on any atom is 0.260 e. The molecule has 0 aromatic heterocycles. The molecular weight excluding hydrogens is 366 g/mol. The molecule has 1 amide bonds. The van der Waals surface area contributed by atoms with E-state index in [0.29, 0.717) is 24.6 Å². The minimum atomic E-state index is -0.0251. The van der Waals surface area contributed by atoms with E-state index in [2.05, 4.69) is 10.1 Å². The van der Waals surface area contributed by atoms with E-state index in [9.17, 15) is 4.79 Å². The van der Waals surface area contributed by atoms with E-state index >= 15 is 0 Å². The Labute approximate surface area is 163 Å². The second kappa shape index (κ2) is 8.77. The summed E-state index contributed by atoms with van der Waals surface area (Å²) in [5.74, 6) is 0.584. The van der Waals surface area contributed by atoms with E-state index in [1.165, 1.54) is 0 Å². The van der Waals surface area contributed by atoms with Gasteiger partial charge < -0.3 is 19.7 Å². The van der Waals surface area contributed by atoms with Gasteiger partial charge in [-0.15, -0.1) is 0 Å². The Hall–Kier alpha value is -2.73. The van der Waals surface area contributed by atoms with Gasteiger partial charge in [0.05, 0.1) is 5.71 Å². The molecular formula is C20H22ClN3O3. The van der Waals surface area contributed by atoms with Crippen LogP contribution in [0.4, 0.5) is 5.69 Å². The van der Waals surface area contributed by atoms with Crippen LogP contribution in [0.5, 0.6) is 5.75 Å². The van der Waals surface area contributed by atoms with Crippen molar-refractivity contribution < 1.29 is 14.7 Å². The molecule has 0 spiro atoms. The quantitative estimate of drug-likeness (QED) is 0.486. The van der Waals surface area contributed by atoms with Gasteiger partial charge >= 0.3 is 0 Å². The average Bonchev–Trinajstić information content (AvgIpc) is 2.72. The van der Waals surface area contributed by atoms with Crippen molar-refractivity contribution in [2.75, 3.05) is 37.7 Å². The number of ether oxygens (including phenoxy) is 1. The van der Waals surface area contributed by atoms with Gasteiger partial charge in [-0.3, -0.25) is 4.79 Å². The zero-order chi connectivity index (χ0) is 19.2. The zero-order valence-electron chi connectivity index (χ0n) is 15.1. The molecule has 0 atom stereocenters. The molecule has 6 nitrogen and oxygen atoms in total. The number of anilines is 1. The van der Waals surface area contributed by atoms with Crippen molar-refractivity contribution >= 4 is 28.9 Å². The van der Waals surface area contributed by atoms with Crippen LogP contribution in [0.1, 0.15) is 12.5 Å². The van der Waals surface area contributed by atoms with Crippen LogP contribution in [0.25, 0.3) is 0 Å². The number of halogens is 1. The number of piperazine rings is 1. The minimum Gasteiger partial charge on any atom is -0.484 e. The molecule has 3 rings (SSSR count). The molecule has 0 unspecified atom stereocenters. The van der Waals surface area contributed by atoms with E-state index in [0.717, 1.165) is 29.4 Å². The topological polar surface area (TPSA) is 65.4 Å². The second-order valence-corrected chi connectivity index (χ2v) is 6.78. The molecule has 0 bridgehead atoms. The van der Waals surface area contributed by atoms with Gasteiger partial charge in [0.1, 0.15) is 5.75 Å². The molecule has 1 aliphatic heterocycles. The first kappa shape index (κ1) is 19.0. The molecule has 142 valence electrons. The largest absolute Gasteiger partial charge is 0.484 e. The van der Waals surface area contributed by atoms with Crippen LogP contribution in [0.15, 0.2) is 53.7 Å². The maximum absolute atomic E-state index is 12.4. The summed E-state index contributed by atoms with van der Waals surface area (Å²) in [5.41, 5.74) is 2.44. The van der Waals surface area contributed by atoms with Gasteiger partial charge in [-0.05, 0) is 61.0 Å². The summed E-state index contributed by atoms with van der Waals surface area (Å²) in [6, 6.07) is 14.8. The summed E-state index contributed by atoms with van der Waals surface area (Å²) >= 11 is 5.93. The van der Waals surface area contributed by atoms with E-state index in [-0.39, 0.29) is 12.5 Å². The summed E-state index contributed by atoms with van der Waals surface area (Å²) in [5, 5.41) is 12.7. The predicted octanol–water partition coefficient (Wildman–Crippen LogP) is 3.27.